The van der Waals surface area contributed by atoms with E-state index in [2.05, 4.69) is 30.1 Å². The quantitative estimate of drug-likeness (QED) is 0.269. The highest BCUT2D eigenvalue weighted by Gasteiger charge is 2.43. The minimum atomic E-state index is -1.06. The number of ether oxygens (including phenoxy) is 2. The lowest BCUT2D eigenvalue weighted by molar-refractivity contribution is -0.126. The Morgan fingerprint density at radius 2 is 1.86 bits per heavy atom. The SMILES string of the molecule is C=CC[C@]1(C(=O)NCc2ccccc2Sc2ccccc2)COC(c2ccc(OCCCO)cc2)=N1. The van der Waals surface area contributed by atoms with Gasteiger partial charge in [0, 0.05) is 41.3 Å². The molecule has 0 radical (unpaired) electrons. The van der Waals surface area contributed by atoms with Gasteiger partial charge in [0.1, 0.15) is 12.4 Å². The Morgan fingerprint density at radius 1 is 1.11 bits per heavy atom. The van der Waals surface area contributed by atoms with Crippen LogP contribution in [0.25, 0.3) is 0 Å². The van der Waals surface area contributed by atoms with Crippen molar-refractivity contribution >= 4 is 23.6 Å². The van der Waals surface area contributed by atoms with Crippen LogP contribution in [-0.4, -0.2) is 42.3 Å². The number of amides is 1. The van der Waals surface area contributed by atoms with Gasteiger partial charge in [-0.15, -0.1) is 6.58 Å². The van der Waals surface area contributed by atoms with Crippen molar-refractivity contribution in [3.05, 3.63) is 103 Å². The van der Waals surface area contributed by atoms with Gasteiger partial charge in [-0.25, -0.2) is 4.99 Å². The largest absolute Gasteiger partial charge is 0.494 e. The van der Waals surface area contributed by atoms with E-state index in [1.54, 1.807) is 17.8 Å². The molecule has 1 aliphatic rings. The molecule has 2 N–H and O–H groups in total. The Hall–Kier alpha value is -3.55. The summed E-state index contributed by atoms with van der Waals surface area (Å²) >= 11 is 1.67. The minimum Gasteiger partial charge on any atom is -0.494 e. The van der Waals surface area contributed by atoms with Crippen molar-refractivity contribution < 1.29 is 19.4 Å². The fourth-order valence-electron chi connectivity index (χ4n) is 3.80. The van der Waals surface area contributed by atoms with Gasteiger partial charge in [0.25, 0.3) is 5.91 Å². The normalized spacial score (nSPS) is 16.6. The Balaban J connectivity index is 1.45. The molecule has 3 aromatic carbocycles. The number of carbonyl (C=O) groups is 1. The van der Waals surface area contributed by atoms with Gasteiger partial charge in [0.15, 0.2) is 5.54 Å². The summed E-state index contributed by atoms with van der Waals surface area (Å²) in [4.78, 5) is 20.3. The average Bonchev–Trinajstić information content (AvgIpc) is 3.35. The molecule has 36 heavy (non-hydrogen) atoms. The highest BCUT2D eigenvalue weighted by molar-refractivity contribution is 7.99. The van der Waals surface area contributed by atoms with E-state index in [0.29, 0.717) is 37.6 Å². The van der Waals surface area contributed by atoms with Crippen LogP contribution in [0.15, 0.2) is 106 Å². The molecule has 1 heterocycles. The number of nitrogens with zero attached hydrogens (tertiary/aromatic N) is 1. The van der Waals surface area contributed by atoms with Crippen LogP contribution in [-0.2, 0) is 16.1 Å². The van der Waals surface area contributed by atoms with E-state index >= 15 is 0 Å². The van der Waals surface area contributed by atoms with Gasteiger partial charge in [-0.05, 0) is 48.0 Å². The molecule has 6 nitrogen and oxygen atoms in total. The fraction of sp³-hybridized carbons (Fsp3) is 0.241. The van der Waals surface area contributed by atoms with E-state index in [0.717, 1.165) is 20.9 Å². The summed E-state index contributed by atoms with van der Waals surface area (Å²) in [6.07, 6.45) is 2.64. The number of hydrogen-bond acceptors (Lipinski definition) is 6. The van der Waals surface area contributed by atoms with E-state index < -0.39 is 5.54 Å². The predicted molar refractivity (Wildman–Crippen MR) is 143 cm³/mol. The minimum absolute atomic E-state index is 0.0909. The second-order valence-electron chi connectivity index (χ2n) is 8.39. The van der Waals surface area contributed by atoms with Crippen LogP contribution in [0.5, 0.6) is 5.75 Å². The van der Waals surface area contributed by atoms with Crippen LogP contribution in [0.2, 0.25) is 0 Å². The third kappa shape index (κ3) is 6.36. The molecule has 0 bridgehead atoms. The summed E-state index contributed by atoms with van der Waals surface area (Å²) < 4.78 is 11.5. The van der Waals surface area contributed by atoms with Crippen LogP contribution in [0.4, 0.5) is 0 Å². The number of rotatable bonds is 12. The first kappa shape index (κ1) is 25.5. The molecular weight excluding hydrogens is 472 g/mol. The summed E-state index contributed by atoms with van der Waals surface area (Å²) in [6.45, 7) is 4.91. The summed E-state index contributed by atoms with van der Waals surface area (Å²) in [5, 5.41) is 12.0. The molecule has 0 fully saturated rings. The monoisotopic (exact) mass is 502 g/mol. The zero-order valence-electron chi connectivity index (χ0n) is 20.1. The molecule has 1 atom stereocenters. The molecular formula is C29H30N2O4S. The third-order valence-electron chi connectivity index (χ3n) is 5.72. The molecule has 186 valence electrons. The predicted octanol–water partition coefficient (Wildman–Crippen LogP) is 5.01. The summed E-state index contributed by atoms with van der Waals surface area (Å²) in [5.41, 5.74) is 0.746. The maximum Gasteiger partial charge on any atom is 0.252 e. The number of hydrogen-bond donors (Lipinski definition) is 2. The first-order chi connectivity index (χ1) is 17.6. The van der Waals surface area contributed by atoms with Crippen molar-refractivity contribution in [3.63, 3.8) is 0 Å². The smallest absolute Gasteiger partial charge is 0.252 e. The average molecular weight is 503 g/mol. The van der Waals surface area contributed by atoms with E-state index in [9.17, 15) is 4.79 Å². The molecule has 7 heteroatoms. The molecule has 0 saturated heterocycles. The zero-order chi connectivity index (χ0) is 25.2. The van der Waals surface area contributed by atoms with Crippen molar-refractivity contribution in [2.75, 3.05) is 19.8 Å². The van der Waals surface area contributed by atoms with Gasteiger partial charge in [0.05, 0.1) is 6.61 Å². The summed E-state index contributed by atoms with van der Waals surface area (Å²) in [6, 6.07) is 25.6. The first-order valence-corrected chi connectivity index (χ1v) is 12.7. The van der Waals surface area contributed by atoms with Crippen molar-refractivity contribution in [1.29, 1.82) is 0 Å². The van der Waals surface area contributed by atoms with Crippen LogP contribution in [0.1, 0.15) is 24.0 Å². The molecule has 1 amide bonds. The van der Waals surface area contributed by atoms with Crippen molar-refractivity contribution in [1.82, 2.24) is 5.32 Å². The molecule has 1 aliphatic heterocycles. The number of benzene rings is 3. The topological polar surface area (TPSA) is 80.2 Å². The van der Waals surface area contributed by atoms with Crippen LogP contribution < -0.4 is 10.1 Å². The number of aliphatic imine (C=N–C) groups is 1. The van der Waals surface area contributed by atoms with Gasteiger partial charge in [0.2, 0.25) is 5.90 Å². The number of carbonyl (C=O) groups excluding carboxylic acids is 1. The number of aliphatic hydroxyl groups excluding tert-OH is 1. The molecule has 4 rings (SSSR count). The molecule has 0 spiro atoms. The molecule has 0 aliphatic carbocycles. The van der Waals surface area contributed by atoms with Gasteiger partial charge in [-0.3, -0.25) is 4.79 Å². The lowest BCUT2D eigenvalue weighted by Gasteiger charge is -2.22. The first-order valence-electron chi connectivity index (χ1n) is 11.9. The maximum absolute atomic E-state index is 13.4. The van der Waals surface area contributed by atoms with Crippen molar-refractivity contribution in [2.45, 2.75) is 34.7 Å². The van der Waals surface area contributed by atoms with Gasteiger partial charge >= 0.3 is 0 Å². The summed E-state index contributed by atoms with van der Waals surface area (Å²) in [7, 11) is 0. The zero-order valence-corrected chi connectivity index (χ0v) is 20.9. The van der Waals surface area contributed by atoms with Gasteiger partial charge < -0.3 is 19.9 Å². The van der Waals surface area contributed by atoms with E-state index in [1.807, 2.05) is 60.7 Å². The maximum atomic E-state index is 13.4. The molecule has 0 aromatic heterocycles. The lowest BCUT2D eigenvalue weighted by atomic mass is 9.96. The van der Waals surface area contributed by atoms with E-state index in [4.69, 9.17) is 19.6 Å². The Bertz CT molecular complexity index is 1200. The number of nitrogens with one attached hydrogen (secondary N) is 1. The van der Waals surface area contributed by atoms with Gasteiger partial charge in [-0.2, -0.15) is 0 Å². The van der Waals surface area contributed by atoms with E-state index in [1.165, 1.54) is 0 Å². The van der Waals surface area contributed by atoms with Crippen LogP contribution >= 0.6 is 11.8 Å². The van der Waals surface area contributed by atoms with Gasteiger partial charge in [-0.1, -0.05) is 54.2 Å². The Morgan fingerprint density at radius 3 is 2.61 bits per heavy atom. The highest BCUT2D eigenvalue weighted by atomic mass is 32.2. The van der Waals surface area contributed by atoms with Crippen LogP contribution in [0.3, 0.4) is 0 Å². The van der Waals surface area contributed by atoms with Crippen molar-refractivity contribution in [3.8, 4) is 5.75 Å². The fourth-order valence-corrected chi connectivity index (χ4v) is 4.77. The second kappa shape index (κ2) is 12.4. The Kier molecular flexibility index (Phi) is 8.81. The van der Waals surface area contributed by atoms with Crippen LogP contribution in [0, 0.1) is 0 Å². The molecule has 0 unspecified atom stereocenters. The standard InChI is InChI=1S/C29H30N2O4S/c1-2-17-29(21-35-27(31-29)22-13-15-24(16-14-22)34-19-8-18-32)28(33)30-20-23-9-6-7-12-26(23)36-25-10-4-3-5-11-25/h2-7,9-16,32H,1,8,17-21H2,(H,30,33)/t29-/m1/s1. The molecule has 3 aromatic rings. The third-order valence-corrected chi connectivity index (χ3v) is 6.85. The second-order valence-corrected chi connectivity index (χ2v) is 9.50. The Labute approximate surface area is 216 Å². The van der Waals surface area contributed by atoms with E-state index in [-0.39, 0.29) is 19.1 Å². The number of aliphatic hydroxyl groups is 1. The van der Waals surface area contributed by atoms with Crippen molar-refractivity contribution in [2.24, 2.45) is 4.99 Å². The summed E-state index contributed by atoms with van der Waals surface area (Å²) in [5.74, 6) is 0.933. The lowest BCUT2D eigenvalue weighted by Crippen LogP contribution is -2.46. The molecule has 0 saturated carbocycles. The highest BCUT2D eigenvalue weighted by Crippen LogP contribution is 2.31.